The molecule has 0 unspecified atom stereocenters. The zero-order chi connectivity index (χ0) is 15.1. The number of anilines is 1. The molecule has 7 nitrogen and oxygen atoms in total. The monoisotopic (exact) mass is 282 g/mol. The molecule has 0 heterocycles. The van der Waals surface area contributed by atoms with Crippen LogP contribution in [0.3, 0.4) is 0 Å². The van der Waals surface area contributed by atoms with Crippen LogP contribution in [0.1, 0.15) is 5.56 Å². The third-order valence-corrected chi connectivity index (χ3v) is 2.68. The number of aliphatic hydroxyl groups is 2. The van der Waals surface area contributed by atoms with Crippen molar-refractivity contribution in [1.82, 2.24) is 4.90 Å². The lowest BCUT2D eigenvalue weighted by Crippen LogP contribution is -2.42. The molecule has 1 aromatic rings. The van der Waals surface area contributed by atoms with Crippen LogP contribution < -0.4 is 5.32 Å². The van der Waals surface area contributed by atoms with Gasteiger partial charge in [-0.15, -0.1) is 0 Å². The molecule has 0 aliphatic rings. The average molecular weight is 282 g/mol. The van der Waals surface area contributed by atoms with Crippen LogP contribution in [0.2, 0.25) is 0 Å². The smallest absolute Gasteiger partial charge is 0.313 e. The molecule has 4 N–H and O–H groups in total. The first kappa shape index (κ1) is 15.9. The molecule has 0 spiro atoms. The number of hydrogen-bond donors (Lipinski definition) is 4. The molecular weight excluding hydrogens is 264 g/mol. The van der Waals surface area contributed by atoms with Crippen LogP contribution in [0.15, 0.2) is 18.2 Å². The van der Waals surface area contributed by atoms with Gasteiger partial charge >= 0.3 is 11.8 Å². The minimum absolute atomic E-state index is 0.0264. The number of aryl methyl sites for hydroxylation is 1. The standard InChI is InChI=1S/C13H18N2O5/c1-9-8-10(18)2-3-11(9)14-12(19)13(20)15(4-6-16)5-7-17/h2-3,8,16-18H,4-7H2,1H3,(H,14,19). The summed E-state index contributed by atoms with van der Waals surface area (Å²) in [6.45, 7) is 1.04. The van der Waals surface area contributed by atoms with Crippen molar-refractivity contribution >= 4 is 17.5 Å². The maximum atomic E-state index is 11.8. The van der Waals surface area contributed by atoms with E-state index in [2.05, 4.69) is 5.32 Å². The number of carbonyl (C=O) groups excluding carboxylic acids is 2. The summed E-state index contributed by atoms with van der Waals surface area (Å²) in [5, 5.41) is 29.3. The summed E-state index contributed by atoms with van der Waals surface area (Å²) in [7, 11) is 0. The molecular formula is C13H18N2O5. The molecule has 0 bridgehead atoms. The van der Waals surface area contributed by atoms with Crippen molar-refractivity contribution in [2.75, 3.05) is 31.6 Å². The molecule has 0 aliphatic heterocycles. The van der Waals surface area contributed by atoms with Crippen LogP contribution in [0.4, 0.5) is 5.69 Å². The van der Waals surface area contributed by atoms with Gasteiger partial charge in [-0.3, -0.25) is 9.59 Å². The van der Waals surface area contributed by atoms with E-state index in [0.29, 0.717) is 11.3 Å². The van der Waals surface area contributed by atoms with Crippen molar-refractivity contribution < 1.29 is 24.9 Å². The molecule has 0 aliphatic carbocycles. The third kappa shape index (κ3) is 4.22. The minimum Gasteiger partial charge on any atom is -0.508 e. The Morgan fingerprint density at radius 3 is 2.30 bits per heavy atom. The quantitative estimate of drug-likeness (QED) is 0.428. The summed E-state index contributed by atoms with van der Waals surface area (Å²) < 4.78 is 0. The molecule has 0 saturated carbocycles. The van der Waals surface area contributed by atoms with E-state index in [0.717, 1.165) is 4.90 Å². The molecule has 1 rings (SSSR count). The molecule has 20 heavy (non-hydrogen) atoms. The van der Waals surface area contributed by atoms with E-state index in [1.807, 2.05) is 0 Å². The van der Waals surface area contributed by atoms with Crippen LogP contribution in [-0.2, 0) is 9.59 Å². The van der Waals surface area contributed by atoms with Crippen LogP contribution >= 0.6 is 0 Å². The van der Waals surface area contributed by atoms with E-state index >= 15 is 0 Å². The number of nitrogens with one attached hydrogen (secondary N) is 1. The Morgan fingerprint density at radius 2 is 1.80 bits per heavy atom. The van der Waals surface area contributed by atoms with Crippen molar-refractivity contribution in [3.05, 3.63) is 23.8 Å². The predicted molar refractivity (Wildman–Crippen MR) is 72.2 cm³/mol. The van der Waals surface area contributed by atoms with Crippen molar-refractivity contribution in [2.24, 2.45) is 0 Å². The first-order chi connectivity index (χ1) is 9.49. The van der Waals surface area contributed by atoms with E-state index in [9.17, 15) is 14.7 Å². The Labute approximate surface area is 116 Å². The number of hydrogen-bond acceptors (Lipinski definition) is 5. The van der Waals surface area contributed by atoms with Gasteiger partial charge in [0.25, 0.3) is 0 Å². The van der Waals surface area contributed by atoms with Gasteiger partial charge in [0.1, 0.15) is 5.75 Å². The van der Waals surface area contributed by atoms with Gasteiger partial charge in [0.05, 0.1) is 13.2 Å². The summed E-state index contributed by atoms with van der Waals surface area (Å²) in [5.74, 6) is -1.63. The molecule has 0 atom stereocenters. The van der Waals surface area contributed by atoms with Gasteiger partial charge in [0.2, 0.25) is 0 Å². The van der Waals surface area contributed by atoms with Crippen molar-refractivity contribution in [2.45, 2.75) is 6.92 Å². The van der Waals surface area contributed by atoms with Gasteiger partial charge in [-0.25, -0.2) is 0 Å². The van der Waals surface area contributed by atoms with E-state index < -0.39 is 11.8 Å². The second-order valence-electron chi connectivity index (χ2n) is 4.19. The molecule has 0 saturated heterocycles. The highest BCUT2D eigenvalue weighted by atomic mass is 16.3. The minimum atomic E-state index is -0.860. The highest BCUT2D eigenvalue weighted by molar-refractivity contribution is 6.39. The maximum absolute atomic E-state index is 11.8. The van der Waals surface area contributed by atoms with Crippen LogP contribution in [0.5, 0.6) is 5.75 Å². The van der Waals surface area contributed by atoms with Crippen LogP contribution in [-0.4, -0.2) is 58.3 Å². The molecule has 0 fully saturated rings. The number of carbonyl (C=O) groups is 2. The number of nitrogens with zero attached hydrogens (tertiary/aromatic N) is 1. The Kier molecular flexibility index (Phi) is 5.95. The summed E-state index contributed by atoms with van der Waals surface area (Å²) in [5.41, 5.74) is 1.02. The molecule has 1 aromatic carbocycles. The van der Waals surface area contributed by atoms with Crippen LogP contribution in [0.25, 0.3) is 0 Å². The number of aliphatic hydroxyl groups excluding tert-OH is 2. The van der Waals surface area contributed by atoms with Crippen molar-refractivity contribution in [1.29, 1.82) is 0 Å². The fraction of sp³-hybridized carbons (Fsp3) is 0.385. The summed E-state index contributed by atoms with van der Waals surface area (Å²) in [6.07, 6.45) is 0. The van der Waals surface area contributed by atoms with E-state index in [1.54, 1.807) is 6.92 Å². The normalized spacial score (nSPS) is 10.2. The Hall–Kier alpha value is -2.12. The van der Waals surface area contributed by atoms with Gasteiger partial charge < -0.3 is 25.5 Å². The Bertz CT molecular complexity index is 484. The van der Waals surface area contributed by atoms with Gasteiger partial charge in [0, 0.05) is 18.8 Å². The van der Waals surface area contributed by atoms with Gasteiger partial charge in [-0.1, -0.05) is 0 Å². The van der Waals surface area contributed by atoms with Crippen LogP contribution in [0, 0.1) is 6.92 Å². The highest BCUT2D eigenvalue weighted by Gasteiger charge is 2.21. The van der Waals surface area contributed by atoms with Gasteiger partial charge in [-0.05, 0) is 30.7 Å². The SMILES string of the molecule is Cc1cc(O)ccc1NC(=O)C(=O)N(CCO)CCO. The molecule has 0 radical (unpaired) electrons. The fourth-order valence-corrected chi connectivity index (χ4v) is 1.66. The van der Waals surface area contributed by atoms with E-state index in [-0.39, 0.29) is 32.1 Å². The first-order valence-corrected chi connectivity index (χ1v) is 6.11. The maximum Gasteiger partial charge on any atom is 0.313 e. The summed E-state index contributed by atoms with van der Waals surface area (Å²) in [6, 6.07) is 4.34. The lowest BCUT2D eigenvalue weighted by molar-refractivity contribution is -0.143. The molecule has 7 heteroatoms. The third-order valence-electron chi connectivity index (χ3n) is 2.68. The average Bonchev–Trinajstić information content (AvgIpc) is 2.40. The molecule has 2 amide bonds. The summed E-state index contributed by atoms with van der Waals surface area (Å²) >= 11 is 0. The first-order valence-electron chi connectivity index (χ1n) is 6.11. The van der Waals surface area contributed by atoms with E-state index in [4.69, 9.17) is 10.2 Å². The number of aromatic hydroxyl groups is 1. The zero-order valence-corrected chi connectivity index (χ0v) is 11.2. The number of benzene rings is 1. The second-order valence-corrected chi connectivity index (χ2v) is 4.19. The largest absolute Gasteiger partial charge is 0.508 e. The number of phenols is 1. The molecule has 110 valence electrons. The van der Waals surface area contributed by atoms with Gasteiger partial charge in [0.15, 0.2) is 0 Å². The van der Waals surface area contributed by atoms with Crippen molar-refractivity contribution in [3.8, 4) is 5.75 Å². The second kappa shape index (κ2) is 7.46. The summed E-state index contributed by atoms with van der Waals surface area (Å²) in [4.78, 5) is 24.7. The lowest BCUT2D eigenvalue weighted by atomic mass is 10.2. The fourth-order valence-electron chi connectivity index (χ4n) is 1.66. The Morgan fingerprint density at radius 1 is 1.20 bits per heavy atom. The van der Waals surface area contributed by atoms with Crippen molar-refractivity contribution in [3.63, 3.8) is 0 Å². The number of phenolic OH excluding ortho intramolecular Hbond substituents is 1. The predicted octanol–water partition coefficient (Wildman–Crippen LogP) is -0.548. The zero-order valence-electron chi connectivity index (χ0n) is 11.2. The van der Waals surface area contributed by atoms with Gasteiger partial charge in [-0.2, -0.15) is 0 Å². The lowest BCUT2D eigenvalue weighted by Gasteiger charge is -2.20. The molecule has 0 aromatic heterocycles. The number of rotatable bonds is 5. The highest BCUT2D eigenvalue weighted by Crippen LogP contribution is 2.20. The topological polar surface area (TPSA) is 110 Å². The van der Waals surface area contributed by atoms with E-state index in [1.165, 1.54) is 18.2 Å². The Balaban J connectivity index is 2.76. The number of amides is 2.